The maximum absolute atomic E-state index is 13.3. The minimum Gasteiger partial charge on any atom is -0.234 e. The van der Waals surface area contributed by atoms with Gasteiger partial charge in [-0.3, -0.25) is 0 Å². The number of hydrogen-bond donors (Lipinski definition) is 0. The van der Waals surface area contributed by atoms with Crippen LogP contribution in [0.5, 0.6) is 0 Å². The second kappa shape index (κ2) is 7.31. The molecule has 1 aliphatic rings. The summed E-state index contributed by atoms with van der Waals surface area (Å²) in [6.07, 6.45) is -4.15. The number of benzene rings is 1. The Kier molecular flexibility index (Phi) is 5.05. The van der Waals surface area contributed by atoms with Crippen LogP contribution in [0.1, 0.15) is 35.0 Å². The molecule has 4 rings (SSSR count). The highest BCUT2D eigenvalue weighted by Crippen LogP contribution is 2.33. The quantitative estimate of drug-likeness (QED) is 0.580. The van der Waals surface area contributed by atoms with Crippen LogP contribution in [0.15, 0.2) is 36.4 Å². The number of aromatic nitrogens is 3. The topological polar surface area (TPSA) is 67.6 Å². The van der Waals surface area contributed by atoms with Gasteiger partial charge >= 0.3 is 6.18 Å². The summed E-state index contributed by atoms with van der Waals surface area (Å²) in [6.45, 7) is 1.83. The lowest BCUT2D eigenvalue weighted by molar-refractivity contribution is -0.142. The van der Waals surface area contributed by atoms with Crippen LogP contribution in [0.3, 0.4) is 0 Å². The molecule has 0 N–H and O–H groups in total. The molecule has 3 heterocycles. The van der Waals surface area contributed by atoms with Crippen molar-refractivity contribution in [3.63, 3.8) is 0 Å². The molecule has 0 bridgehead atoms. The zero-order valence-corrected chi connectivity index (χ0v) is 16.7. The van der Waals surface area contributed by atoms with Gasteiger partial charge in [0.25, 0.3) is 0 Å². The van der Waals surface area contributed by atoms with Crippen molar-refractivity contribution in [3.05, 3.63) is 64.9 Å². The van der Waals surface area contributed by atoms with Gasteiger partial charge in [0, 0.05) is 30.8 Å². The number of rotatable bonds is 4. The van der Waals surface area contributed by atoms with Crippen molar-refractivity contribution in [1.29, 1.82) is 0 Å². The second-order valence-electron chi connectivity index (χ2n) is 7.35. The highest BCUT2D eigenvalue weighted by atomic mass is 32.2. The molecule has 11 heteroatoms. The summed E-state index contributed by atoms with van der Waals surface area (Å²) in [5.74, 6) is -1.06. The number of hydrogen-bond acceptors (Lipinski definition) is 4. The first-order valence-electron chi connectivity index (χ1n) is 9.20. The van der Waals surface area contributed by atoms with Crippen LogP contribution < -0.4 is 0 Å². The third-order valence-electron chi connectivity index (χ3n) is 5.09. The molecule has 0 spiro atoms. The fourth-order valence-corrected chi connectivity index (χ4v) is 5.21. The van der Waals surface area contributed by atoms with Crippen LogP contribution in [0.25, 0.3) is 5.65 Å². The minimum atomic E-state index is -4.59. The van der Waals surface area contributed by atoms with Gasteiger partial charge in [0.05, 0.1) is 11.4 Å². The van der Waals surface area contributed by atoms with E-state index in [2.05, 4.69) is 10.1 Å². The molecule has 30 heavy (non-hydrogen) atoms. The summed E-state index contributed by atoms with van der Waals surface area (Å²) in [4.78, 5) is 4.11. The molecule has 160 valence electrons. The summed E-state index contributed by atoms with van der Waals surface area (Å²) in [6, 6.07) is 7.62. The smallest absolute Gasteiger partial charge is 0.234 e. The first-order chi connectivity index (χ1) is 14.0. The van der Waals surface area contributed by atoms with E-state index in [1.54, 1.807) is 0 Å². The van der Waals surface area contributed by atoms with Crippen molar-refractivity contribution >= 4 is 15.7 Å². The van der Waals surface area contributed by atoms with Crippen LogP contribution in [-0.4, -0.2) is 40.4 Å². The Morgan fingerprint density at radius 1 is 1.17 bits per heavy atom. The molecular weight excluding hydrogens is 424 g/mol. The summed E-state index contributed by atoms with van der Waals surface area (Å²) in [5.41, 5.74) is 0.205. The van der Waals surface area contributed by atoms with Crippen molar-refractivity contribution in [3.8, 4) is 0 Å². The molecule has 1 saturated heterocycles. The zero-order valence-electron chi connectivity index (χ0n) is 15.9. The largest absolute Gasteiger partial charge is 0.433 e. The molecule has 0 aliphatic carbocycles. The molecule has 0 unspecified atom stereocenters. The van der Waals surface area contributed by atoms with Crippen molar-refractivity contribution in [2.75, 3.05) is 13.1 Å². The van der Waals surface area contributed by atoms with Gasteiger partial charge in [-0.2, -0.15) is 18.3 Å². The van der Waals surface area contributed by atoms with Crippen molar-refractivity contribution in [2.45, 2.75) is 31.2 Å². The maximum atomic E-state index is 13.3. The van der Waals surface area contributed by atoms with Crippen LogP contribution in [0.4, 0.5) is 17.6 Å². The predicted molar refractivity (Wildman–Crippen MR) is 101 cm³/mol. The fraction of sp³-hybridized carbons (Fsp3) is 0.368. The number of halogens is 4. The normalized spacial score (nSPS) is 18.4. The van der Waals surface area contributed by atoms with Gasteiger partial charge in [0.15, 0.2) is 5.65 Å². The Labute approximate surface area is 170 Å². The van der Waals surface area contributed by atoms with E-state index in [1.165, 1.54) is 41.6 Å². The number of aryl methyl sites for hydroxylation is 1. The Bertz CT molecular complexity index is 1190. The van der Waals surface area contributed by atoms with E-state index in [-0.39, 0.29) is 36.1 Å². The van der Waals surface area contributed by atoms with E-state index in [0.717, 1.165) is 10.6 Å². The van der Waals surface area contributed by atoms with Gasteiger partial charge in [-0.25, -0.2) is 26.6 Å². The van der Waals surface area contributed by atoms with E-state index in [0.29, 0.717) is 17.7 Å². The summed E-state index contributed by atoms with van der Waals surface area (Å²) < 4.78 is 80.5. The van der Waals surface area contributed by atoms with Crippen LogP contribution in [0.2, 0.25) is 0 Å². The number of sulfonamides is 1. The number of nitrogens with zero attached hydrogens (tertiary/aromatic N) is 4. The minimum absolute atomic E-state index is 0.0740. The van der Waals surface area contributed by atoms with Gasteiger partial charge in [-0.05, 0) is 37.1 Å². The average Bonchev–Trinajstić information content (AvgIpc) is 3.29. The summed E-state index contributed by atoms with van der Waals surface area (Å²) in [7, 11) is -3.65. The molecule has 1 fully saturated rings. The van der Waals surface area contributed by atoms with E-state index in [1.807, 2.05) is 0 Å². The first kappa shape index (κ1) is 20.7. The Balaban J connectivity index is 1.57. The highest BCUT2D eigenvalue weighted by molar-refractivity contribution is 7.88. The van der Waals surface area contributed by atoms with Crippen LogP contribution in [-0.2, 0) is 22.0 Å². The Morgan fingerprint density at radius 2 is 1.87 bits per heavy atom. The molecule has 0 radical (unpaired) electrons. The summed E-state index contributed by atoms with van der Waals surface area (Å²) >= 11 is 0. The molecule has 2 aromatic heterocycles. The monoisotopic (exact) mass is 442 g/mol. The van der Waals surface area contributed by atoms with Gasteiger partial charge in [0.2, 0.25) is 10.0 Å². The molecule has 1 atom stereocenters. The number of alkyl halides is 3. The van der Waals surface area contributed by atoms with E-state index in [9.17, 15) is 26.0 Å². The van der Waals surface area contributed by atoms with Gasteiger partial charge < -0.3 is 0 Å². The van der Waals surface area contributed by atoms with Gasteiger partial charge in [-0.15, -0.1) is 0 Å². The molecular formula is C19H18F4N4O2S. The molecule has 6 nitrogen and oxygen atoms in total. The standard InChI is InChI=1S/C19H18F4N4O2S/c1-12-8-17(19(21,22)23)27-18(24-12)9-16(25-27)14-6-7-26(10-14)30(28,29)11-13-2-4-15(20)5-3-13/h2-5,8-9,14H,6-7,10-11H2,1H3/t14-/m1/s1. The molecule has 1 aliphatic heterocycles. The SMILES string of the molecule is Cc1cc(C(F)(F)F)n2nc([C@@H]3CCN(S(=O)(=O)Cc4ccc(F)cc4)C3)cc2n1. The lowest BCUT2D eigenvalue weighted by atomic mass is 10.1. The van der Waals surface area contributed by atoms with Crippen LogP contribution in [0, 0.1) is 12.7 Å². The average molecular weight is 442 g/mol. The van der Waals surface area contributed by atoms with Gasteiger partial charge in [0.1, 0.15) is 11.5 Å². The molecule has 0 saturated carbocycles. The third kappa shape index (κ3) is 4.04. The lowest BCUT2D eigenvalue weighted by Gasteiger charge is -2.16. The Morgan fingerprint density at radius 3 is 2.53 bits per heavy atom. The van der Waals surface area contributed by atoms with Crippen LogP contribution >= 0.6 is 0 Å². The van der Waals surface area contributed by atoms with Crippen molar-refractivity contribution < 1.29 is 26.0 Å². The summed E-state index contributed by atoms with van der Waals surface area (Å²) in [5, 5.41) is 4.08. The van der Waals surface area contributed by atoms with Crippen molar-refractivity contribution in [2.24, 2.45) is 0 Å². The van der Waals surface area contributed by atoms with E-state index in [4.69, 9.17) is 0 Å². The van der Waals surface area contributed by atoms with Gasteiger partial charge in [-0.1, -0.05) is 12.1 Å². The zero-order chi connectivity index (χ0) is 21.7. The first-order valence-corrected chi connectivity index (χ1v) is 10.8. The molecule has 1 aromatic carbocycles. The fourth-order valence-electron chi connectivity index (χ4n) is 3.62. The van der Waals surface area contributed by atoms with Crippen molar-refractivity contribution in [1.82, 2.24) is 18.9 Å². The van der Waals surface area contributed by atoms with E-state index >= 15 is 0 Å². The predicted octanol–water partition coefficient (Wildman–Crippen LogP) is 3.51. The Hall–Kier alpha value is -2.53. The number of fused-ring (bicyclic) bond motifs is 1. The molecule has 3 aromatic rings. The van der Waals surface area contributed by atoms with E-state index < -0.39 is 27.7 Å². The maximum Gasteiger partial charge on any atom is 0.433 e. The lowest BCUT2D eigenvalue weighted by Crippen LogP contribution is -2.29. The molecule has 0 amide bonds. The second-order valence-corrected chi connectivity index (χ2v) is 9.31. The highest BCUT2D eigenvalue weighted by Gasteiger charge is 2.37. The third-order valence-corrected chi connectivity index (χ3v) is 6.91.